The Morgan fingerprint density at radius 3 is 2.00 bits per heavy atom. The molecule has 0 bridgehead atoms. The fourth-order valence-electron chi connectivity index (χ4n) is 2.33. The van der Waals surface area contributed by atoms with Crippen molar-refractivity contribution in [1.82, 2.24) is 0 Å². The first-order valence-electron chi connectivity index (χ1n) is 6.69. The summed E-state index contributed by atoms with van der Waals surface area (Å²) in [6.07, 6.45) is 0. The summed E-state index contributed by atoms with van der Waals surface area (Å²) in [4.78, 5) is 36.0. The van der Waals surface area contributed by atoms with Gasteiger partial charge in [0.2, 0.25) is 0 Å². The quantitative estimate of drug-likeness (QED) is 0.472. The minimum atomic E-state index is -0.680. The summed E-state index contributed by atoms with van der Waals surface area (Å²) >= 11 is 11.9. The highest BCUT2D eigenvalue weighted by molar-refractivity contribution is 6.60. The van der Waals surface area contributed by atoms with Crippen LogP contribution in [0.1, 0.15) is 5.56 Å². The monoisotopic (exact) mass is 362 g/mol. The predicted molar refractivity (Wildman–Crippen MR) is 89.8 cm³/mol. The number of amides is 2. The van der Waals surface area contributed by atoms with Gasteiger partial charge in [-0.3, -0.25) is 19.7 Å². The van der Waals surface area contributed by atoms with Gasteiger partial charge in [-0.1, -0.05) is 35.3 Å². The first-order chi connectivity index (χ1) is 11.4. The van der Waals surface area contributed by atoms with Crippen molar-refractivity contribution in [3.05, 3.63) is 74.3 Å². The molecule has 120 valence electrons. The number of hydrogen-bond donors (Lipinski definition) is 0. The molecule has 0 radical (unpaired) electrons. The lowest BCUT2D eigenvalue weighted by atomic mass is 10.1. The highest BCUT2D eigenvalue weighted by Crippen LogP contribution is 2.35. The van der Waals surface area contributed by atoms with E-state index in [0.717, 1.165) is 4.90 Å². The van der Waals surface area contributed by atoms with Crippen LogP contribution in [-0.4, -0.2) is 16.7 Å². The van der Waals surface area contributed by atoms with Crippen LogP contribution in [0.15, 0.2) is 53.6 Å². The van der Waals surface area contributed by atoms with Crippen LogP contribution < -0.4 is 4.90 Å². The molecule has 0 atom stereocenters. The highest BCUT2D eigenvalue weighted by atomic mass is 35.5. The van der Waals surface area contributed by atoms with E-state index in [1.807, 2.05) is 0 Å². The molecule has 1 aliphatic heterocycles. The van der Waals surface area contributed by atoms with Crippen molar-refractivity contribution in [1.29, 1.82) is 0 Å². The second kappa shape index (κ2) is 6.07. The highest BCUT2D eigenvalue weighted by Gasteiger charge is 2.39. The van der Waals surface area contributed by atoms with Gasteiger partial charge in [-0.2, -0.15) is 0 Å². The number of carbonyl (C=O) groups excluding carboxylic acids is 2. The summed E-state index contributed by atoms with van der Waals surface area (Å²) < 4.78 is 0. The van der Waals surface area contributed by atoms with E-state index < -0.39 is 16.7 Å². The number of hydrogen-bond acceptors (Lipinski definition) is 4. The van der Waals surface area contributed by atoms with Gasteiger partial charge in [-0.15, -0.1) is 0 Å². The van der Waals surface area contributed by atoms with Crippen LogP contribution in [0.3, 0.4) is 0 Å². The van der Waals surface area contributed by atoms with Crippen LogP contribution in [0.4, 0.5) is 11.4 Å². The van der Waals surface area contributed by atoms with Gasteiger partial charge >= 0.3 is 0 Å². The van der Waals surface area contributed by atoms with Crippen LogP contribution in [0.5, 0.6) is 0 Å². The van der Waals surface area contributed by atoms with Crippen molar-refractivity contribution in [2.45, 2.75) is 0 Å². The number of nitro benzene ring substituents is 1. The Labute approximate surface area is 146 Å². The van der Waals surface area contributed by atoms with Crippen molar-refractivity contribution >= 4 is 52.0 Å². The number of benzene rings is 2. The summed E-state index contributed by atoms with van der Waals surface area (Å²) in [7, 11) is 0. The Balaban J connectivity index is 1.99. The zero-order valence-electron chi connectivity index (χ0n) is 11.9. The van der Waals surface area contributed by atoms with Crippen molar-refractivity contribution in [2.24, 2.45) is 0 Å². The molecule has 6 nitrogen and oxygen atoms in total. The van der Waals surface area contributed by atoms with Crippen LogP contribution >= 0.6 is 23.2 Å². The first kappa shape index (κ1) is 16.2. The number of non-ortho nitro benzene ring substituents is 1. The molecular formula is C16H8Cl2N2O4. The molecular weight excluding hydrogens is 355 g/mol. The topological polar surface area (TPSA) is 80.5 Å². The molecule has 0 aromatic heterocycles. The van der Waals surface area contributed by atoms with Crippen molar-refractivity contribution < 1.29 is 14.5 Å². The van der Waals surface area contributed by atoms with E-state index in [4.69, 9.17) is 23.2 Å². The fourth-order valence-corrected chi connectivity index (χ4v) is 2.73. The second-order valence-corrected chi connectivity index (χ2v) is 5.73. The Hall–Kier alpha value is -2.70. The molecule has 2 aromatic carbocycles. The molecule has 24 heavy (non-hydrogen) atoms. The molecule has 0 fully saturated rings. The van der Waals surface area contributed by atoms with Gasteiger partial charge in [0.1, 0.15) is 5.03 Å². The maximum Gasteiger partial charge on any atom is 0.277 e. The third-order valence-electron chi connectivity index (χ3n) is 3.48. The van der Waals surface area contributed by atoms with Gasteiger partial charge in [0.15, 0.2) is 0 Å². The van der Waals surface area contributed by atoms with Crippen molar-refractivity contribution in [3.63, 3.8) is 0 Å². The van der Waals surface area contributed by atoms with E-state index in [2.05, 4.69) is 0 Å². The van der Waals surface area contributed by atoms with Crippen LogP contribution in [-0.2, 0) is 9.59 Å². The van der Waals surface area contributed by atoms with Gasteiger partial charge in [0.25, 0.3) is 17.5 Å². The molecule has 0 aliphatic carbocycles. The zero-order valence-corrected chi connectivity index (χ0v) is 13.4. The molecule has 0 unspecified atom stereocenters. The Kier molecular flexibility index (Phi) is 4.09. The minimum Gasteiger partial charge on any atom is -0.268 e. The van der Waals surface area contributed by atoms with Gasteiger partial charge in [-0.05, 0) is 29.8 Å². The third kappa shape index (κ3) is 2.66. The average Bonchev–Trinajstić information content (AvgIpc) is 2.78. The standard InChI is InChI=1S/C16H8Cl2N2O4/c17-10-3-1-9(2-4-10)13-14(18)16(22)19(15(13)21)11-5-7-12(8-6-11)20(23)24/h1-8H. The molecule has 0 saturated heterocycles. The number of carbonyl (C=O) groups is 2. The van der Waals surface area contributed by atoms with Gasteiger partial charge < -0.3 is 0 Å². The molecule has 1 heterocycles. The Bertz CT molecular complexity index is 889. The average molecular weight is 363 g/mol. The lowest BCUT2D eigenvalue weighted by Gasteiger charge is -2.14. The van der Waals surface area contributed by atoms with E-state index in [-0.39, 0.29) is 22.0 Å². The molecule has 2 aromatic rings. The fraction of sp³-hybridized carbons (Fsp3) is 0. The number of anilines is 1. The minimum absolute atomic E-state index is 0.0664. The van der Waals surface area contributed by atoms with E-state index in [9.17, 15) is 19.7 Å². The van der Waals surface area contributed by atoms with E-state index in [1.165, 1.54) is 24.3 Å². The summed E-state index contributed by atoms with van der Waals surface area (Å²) in [5, 5.41) is 11.0. The third-order valence-corrected chi connectivity index (χ3v) is 4.08. The molecule has 0 N–H and O–H groups in total. The number of halogens is 2. The largest absolute Gasteiger partial charge is 0.277 e. The van der Waals surface area contributed by atoms with E-state index >= 15 is 0 Å². The van der Waals surface area contributed by atoms with Gasteiger partial charge in [-0.25, -0.2) is 4.90 Å². The van der Waals surface area contributed by atoms with Gasteiger partial charge in [0, 0.05) is 17.2 Å². The lowest BCUT2D eigenvalue weighted by molar-refractivity contribution is -0.384. The zero-order chi connectivity index (χ0) is 17.4. The first-order valence-corrected chi connectivity index (χ1v) is 7.44. The molecule has 3 rings (SSSR count). The number of nitrogens with zero attached hydrogens (tertiary/aromatic N) is 2. The SMILES string of the molecule is O=C1C(Cl)=C(c2ccc(Cl)cc2)C(=O)N1c1ccc([N+](=O)[O-])cc1. The molecule has 0 spiro atoms. The Morgan fingerprint density at radius 1 is 0.875 bits per heavy atom. The second-order valence-electron chi connectivity index (χ2n) is 4.92. The van der Waals surface area contributed by atoms with Crippen molar-refractivity contribution in [2.75, 3.05) is 4.90 Å². The van der Waals surface area contributed by atoms with Gasteiger partial charge in [0.05, 0.1) is 16.2 Å². The van der Waals surface area contributed by atoms with Crippen LogP contribution in [0.25, 0.3) is 5.57 Å². The van der Waals surface area contributed by atoms with E-state index in [0.29, 0.717) is 10.6 Å². The van der Waals surface area contributed by atoms with E-state index in [1.54, 1.807) is 24.3 Å². The summed E-state index contributed by atoms with van der Waals surface area (Å²) in [5.41, 5.74) is 0.594. The molecule has 1 aliphatic rings. The van der Waals surface area contributed by atoms with Crippen molar-refractivity contribution in [3.8, 4) is 0 Å². The number of rotatable bonds is 3. The number of imide groups is 1. The number of nitro groups is 1. The smallest absolute Gasteiger partial charge is 0.268 e. The molecule has 2 amide bonds. The molecule has 8 heteroatoms. The summed E-state index contributed by atoms with van der Waals surface area (Å²) in [5.74, 6) is -1.28. The maximum atomic E-state index is 12.6. The maximum absolute atomic E-state index is 12.6. The normalized spacial score (nSPS) is 14.5. The summed E-state index contributed by atoms with van der Waals surface area (Å²) in [6, 6.07) is 11.4. The molecule has 0 saturated carbocycles. The van der Waals surface area contributed by atoms with Crippen LogP contribution in [0.2, 0.25) is 5.02 Å². The summed E-state index contributed by atoms with van der Waals surface area (Å²) in [6.45, 7) is 0. The Morgan fingerprint density at radius 2 is 1.46 bits per heavy atom. The lowest BCUT2D eigenvalue weighted by Crippen LogP contribution is -2.31. The van der Waals surface area contributed by atoms with Crippen LogP contribution in [0, 0.1) is 10.1 Å². The predicted octanol–water partition coefficient (Wildman–Crippen LogP) is 3.77.